The Kier molecular flexibility index (Phi) is 5.05. The lowest BCUT2D eigenvalue weighted by Crippen LogP contribution is -2.26. The second kappa shape index (κ2) is 6.78. The van der Waals surface area contributed by atoms with Gasteiger partial charge in [-0.05, 0) is 30.2 Å². The summed E-state index contributed by atoms with van der Waals surface area (Å²) in [6, 6.07) is 6.05. The minimum absolute atomic E-state index is 0.214. The molecular formula is C15H23NO3. The van der Waals surface area contributed by atoms with Gasteiger partial charge in [-0.2, -0.15) is 0 Å². The SMILES string of the molecule is COc1ccc(C(C)CN)cc1OC1CCOCC1. The van der Waals surface area contributed by atoms with Crippen molar-refractivity contribution in [2.75, 3.05) is 26.9 Å². The van der Waals surface area contributed by atoms with Gasteiger partial charge in [0.1, 0.15) is 6.10 Å². The zero-order valence-corrected chi connectivity index (χ0v) is 11.7. The van der Waals surface area contributed by atoms with Crippen molar-refractivity contribution in [1.82, 2.24) is 0 Å². The molecule has 4 heteroatoms. The number of ether oxygens (including phenoxy) is 3. The highest BCUT2D eigenvalue weighted by Gasteiger charge is 2.18. The first-order valence-electron chi connectivity index (χ1n) is 6.87. The van der Waals surface area contributed by atoms with Crippen molar-refractivity contribution in [3.8, 4) is 11.5 Å². The molecule has 0 spiro atoms. The average Bonchev–Trinajstić information content (AvgIpc) is 2.47. The quantitative estimate of drug-likeness (QED) is 0.887. The summed E-state index contributed by atoms with van der Waals surface area (Å²) in [6.45, 7) is 4.28. The largest absolute Gasteiger partial charge is 0.493 e. The molecule has 1 heterocycles. The second-order valence-corrected chi connectivity index (χ2v) is 4.98. The molecule has 106 valence electrons. The summed E-state index contributed by atoms with van der Waals surface area (Å²) >= 11 is 0. The van der Waals surface area contributed by atoms with Gasteiger partial charge in [0.25, 0.3) is 0 Å². The maximum absolute atomic E-state index is 6.07. The molecule has 1 aliphatic heterocycles. The van der Waals surface area contributed by atoms with Crippen molar-refractivity contribution < 1.29 is 14.2 Å². The highest BCUT2D eigenvalue weighted by atomic mass is 16.5. The molecule has 2 rings (SSSR count). The van der Waals surface area contributed by atoms with Crippen LogP contribution < -0.4 is 15.2 Å². The van der Waals surface area contributed by atoms with Crippen LogP contribution in [0.4, 0.5) is 0 Å². The molecule has 1 aliphatic rings. The molecule has 1 aromatic carbocycles. The standard InChI is InChI=1S/C15H23NO3/c1-11(10-16)12-3-4-14(17-2)15(9-12)19-13-5-7-18-8-6-13/h3-4,9,11,13H,5-8,10,16H2,1-2H3. The van der Waals surface area contributed by atoms with E-state index >= 15 is 0 Å². The maximum atomic E-state index is 6.07. The Labute approximate surface area is 114 Å². The molecule has 1 aromatic rings. The van der Waals surface area contributed by atoms with Crippen LogP contribution in [0, 0.1) is 0 Å². The monoisotopic (exact) mass is 265 g/mol. The smallest absolute Gasteiger partial charge is 0.161 e. The Bertz CT molecular complexity index is 402. The molecule has 19 heavy (non-hydrogen) atoms. The van der Waals surface area contributed by atoms with Crippen LogP contribution >= 0.6 is 0 Å². The highest BCUT2D eigenvalue weighted by molar-refractivity contribution is 5.44. The molecule has 1 unspecified atom stereocenters. The molecule has 0 saturated carbocycles. The predicted octanol–water partition coefficient (Wildman–Crippen LogP) is 2.32. The Balaban J connectivity index is 2.15. The first-order chi connectivity index (χ1) is 9.24. The van der Waals surface area contributed by atoms with Crippen molar-refractivity contribution in [3.05, 3.63) is 23.8 Å². The van der Waals surface area contributed by atoms with E-state index in [1.165, 1.54) is 5.56 Å². The molecule has 0 amide bonds. The van der Waals surface area contributed by atoms with Gasteiger partial charge in [0.2, 0.25) is 0 Å². The molecule has 0 aliphatic carbocycles. The van der Waals surface area contributed by atoms with Crippen molar-refractivity contribution in [2.24, 2.45) is 5.73 Å². The Morgan fingerprint density at radius 3 is 2.68 bits per heavy atom. The fourth-order valence-electron chi connectivity index (χ4n) is 2.20. The third kappa shape index (κ3) is 3.61. The lowest BCUT2D eigenvalue weighted by atomic mass is 10.0. The van der Waals surface area contributed by atoms with Gasteiger partial charge in [0.05, 0.1) is 20.3 Å². The molecule has 1 saturated heterocycles. The van der Waals surface area contributed by atoms with E-state index in [9.17, 15) is 0 Å². The fourth-order valence-corrected chi connectivity index (χ4v) is 2.20. The number of benzene rings is 1. The Morgan fingerprint density at radius 2 is 2.05 bits per heavy atom. The van der Waals surface area contributed by atoms with Crippen LogP contribution in [0.15, 0.2) is 18.2 Å². The van der Waals surface area contributed by atoms with E-state index in [0.29, 0.717) is 12.5 Å². The van der Waals surface area contributed by atoms with Crippen LogP contribution in [0.25, 0.3) is 0 Å². The van der Waals surface area contributed by atoms with Crippen LogP contribution in [-0.4, -0.2) is 33.0 Å². The minimum Gasteiger partial charge on any atom is -0.493 e. The van der Waals surface area contributed by atoms with Crippen LogP contribution in [0.5, 0.6) is 11.5 Å². The number of methoxy groups -OCH3 is 1. The van der Waals surface area contributed by atoms with Crippen LogP contribution in [0.3, 0.4) is 0 Å². The van der Waals surface area contributed by atoms with E-state index in [1.54, 1.807) is 7.11 Å². The van der Waals surface area contributed by atoms with Crippen LogP contribution in [0.2, 0.25) is 0 Å². The lowest BCUT2D eigenvalue weighted by molar-refractivity contribution is 0.0245. The summed E-state index contributed by atoms with van der Waals surface area (Å²) in [5, 5.41) is 0. The van der Waals surface area contributed by atoms with E-state index in [1.807, 2.05) is 18.2 Å². The molecule has 0 radical (unpaired) electrons. The zero-order valence-electron chi connectivity index (χ0n) is 11.7. The average molecular weight is 265 g/mol. The van der Waals surface area contributed by atoms with Gasteiger partial charge in [0, 0.05) is 12.8 Å². The van der Waals surface area contributed by atoms with Crippen LogP contribution in [-0.2, 0) is 4.74 Å². The molecule has 1 atom stereocenters. The highest BCUT2D eigenvalue weighted by Crippen LogP contribution is 2.32. The summed E-state index contributed by atoms with van der Waals surface area (Å²) in [7, 11) is 1.66. The molecular weight excluding hydrogens is 242 g/mol. The van der Waals surface area contributed by atoms with E-state index in [4.69, 9.17) is 19.9 Å². The summed E-state index contributed by atoms with van der Waals surface area (Å²) in [4.78, 5) is 0. The van der Waals surface area contributed by atoms with E-state index in [2.05, 4.69) is 6.92 Å². The zero-order chi connectivity index (χ0) is 13.7. The van der Waals surface area contributed by atoms with E-state index < -0.39 is 0 Å². The van der Waals surface area contributed by atoms with Gasteiger partial charge < -0.3 is 19.9 Å². The van der Waals surface area contributed by atoms with Gasteiger partial charge >= 0.3 is 0 Å². The first-order valence-corrected chi connectivity index (χ1v) is 6.87. The first kappa shape index (κ1) is 14.2. The third-order valence-corrected chi connectivity index (χ3v) is 3.57. The van der Waals surface area contributed by atoms with Gasteiger partial charge in [-0.15, -0.1) is 0 Å². The number of rotatable bonds is 5. The molecule has 4 nitrogen and oxygen atoms in total. The van der Waals surface area contributed by atoms with Crippen LogP contribution in [0.1, 0.15) is 31.2 Å². The third-order valence-electron chi connectivity index (χ3n) is 3.57. The summed E-state index contributed by atoms with van der Waals surface area (Å²) < 4.78 is 16.8. The maximum Gasteiger partial charge on any atom is 0.161 e. The summed E-state index contributed by atoms with van der Waals surface area (Å²) in [6.07, 6.45) is 2.07. The lowest BCUT2D eigenvalue weighted by Gasteiger charge is -2.25. The molecule has 0 bridgehead atoms. The van der Waals surface area contributed by atoms with Gasteiger partial charge in [-0.1, -0.05) is 13.0 Å². The predicted molar refractivity (Wildman–Crippen MR) is 74.9 cm³/mol. The Morgan fingerprint density at radius 1 is 1.32 bits per heavy atom. The topological polar surface area (TPSA) is 53.7 Å². The van der Waals surface area contributed by atoms with Crippen molar-refractivity contribution in [2.45, 2.75) is 31.8 Å². The molecule has 0 aromatic heterocycles. The van der Waals surface area contributed by atoms with Gasteiger partial charge in [-0.25, -0.2) is 0 Å². The molecule has 2 N–H and O–H groups in total. The Hall–Kier alpha value is -1.26. The normalized spacial score (nSPS) is 18.1. The minimum atomic E-state index is 0.214. The number of hydrogen-bond donors (Lipinski definition) is 1. The summed E-state index contributed by atoms with van der Waals surface area (Å²) in [5.41, 5.74) is 6.91. The number of nitrogens with two attached hydrogens (primary N) is 1. The van der Waals surface area contributed by atoms with E-state index in [0.717, 1.165) is 37.6 Å². The summed E-state index contributed by atoms with van der Waals surface area (Å²) in [5.74, 6) is 1.91. The van der Waals surface area contributed by atoms with Crippen molar-refractivity contribution >= 4 is 0 Å². The van der Waals surface area contributed by atoms with E-state index in [-0.39, 0.29) is 6.10 Å². The van der Waals surface area contributed by atoms with Crippen molar-refractivity contribution in [3.63, 3.8) is 0 Å². The van der Waals surface area contributed by atoms with Gasteiger partial charge in [0.15, 0.2) is 11.5 Å². The molecule has 1 fully saturated rings. The van der Waals surface area contributed by atoms with Crippen molar-refractivity contribution in [1.29, 1.82) is 0 Å². The fraction of sp³-hybridized carbons (Fsp3) is 0.600. The van der Waals surface area contributed by atoms with Gasteiger partial charge in [-0.3, -0.25) is 0 Å². The number of hydrogen-bond acceptors (Lipinski definition) is 4. The second-order valence-electron chi connectivity index (χ2n) is 4.98.